The lowest BCUT2D eigenvalue weighted by Crippen LogP contribution is -2.58. The first-order chi connectivity index (χ1) is 25.4. The number of fused-ring (bicyclic) bond motifs is 2. The van der Waals surface area contributed by atoms with Crippen LogP contribution in [0.25, 0.3) is 0 Å². The molecule has 3 aliphatic heterocycles. The molecule has 0 aromatic carbocycles. The Hall–Kier alpha value is -1.92. The first kappa shape index (κ1) is 41.7. The van der Waals surface area contributed by atoms with Crippen LogP contribution in [-0.4, -0.2) is 126 Å². The van der Waals surface area contributed by atoms with Gasteiger partial charge in [0.05, 0.1) is 43.7 Å². The molecule has 0 bridgehead atoms. The predicted molar refractivity (Wildman–Crippen MR) is 201 cm³/mol. The maximum absolute atomic E-state index is 14.0. The van der Waals surface area contributed by atoms with Crippen LogP contribution in [0.1, 0.15) is 69.0 Å². The fourth-order valence-electron chi connectivity index (χ4n) is 9.65. The number of hydrogen-bond donors (Lipinski definition) is 2. The van der Waals surface area contributed by atoms with E-state index in [0.717, 1.165) is 37.6 Å². The maximum Gasteiger partial charge on any atom is 0.401 e. The summed E-state index contributed by atoms with van der Waals surface area (Å²) < 4.78 is 72.7. The number of carbonyl (C=O) groups is 2. The molecule has 9 unspecified atom stereocenters. The second kappa shape index (κ2) is 16.9. The highest BCUT2D eigenvalue weighted by Gasteiger charge is 2.52. The molecule has 2 amide bonds. The Kier molecular flexibility index (Phi) is 13.0. The number of piperidine rings is 2. The number of alkyl halides is 4. The average Bonchev–Trinajstić information content (AvgIpc) is 3.52. The maximum atomic E-state index is 14.0. The van der Waals surface area contributed by atoms with Gasteiger partial charge in [-0.3, -0.25) is 28.6 Å². The lowest BCUT2D eigenvalue weighted by molar-refractivity contribution is -0.151. The number of rotatable bonds is 10. The van der Waals surface area contributed by atoms with E-state index in [9.17, 15) is 36.0 Å². The standard InChI is InChI=1S/C36H54ClF3N6O6S2/c1-20-15-26(32-31(41-20)28(18-53-32)33(47)43-54(4,50)51)25-16-23(37)5-8-30(25)52-14-13-46-21(2)42-29-7-6-24(17-27(29)35(46)49)44(3)34(48)22-9-11-45(12-10-22)19-36(38,39)40/h20,22-26,28,30-32,41H,5-19H2,1-4H3,(H,43,47). The second-order valence-corrected chi connectivity index (χ2v) is 19.7. The van der Waals surface area contributed by atoms with Crippen LogP contribution < -0.4 is 15.6 Å². The number of aryl methyl sites for hydroxylation is 2. The van der Waals surface area contributed by atoms with Crippen molar-refractivity contribution in [3.05, 3.63) is 27.4 Å². The largest absolute Gasteiger partial charge is 0.401 e. The van der Waals surface area contributed by atoms with E-state index in [1.54, 1.807) is 28.3 Å². The van der Waals surface area contributed by atoms with Crippen molar-refractivity contribution in [3.63, 3.8) is 0 Å². The number of amides is 2. The van der Waals surface area contributed by atoms with Crippen molar-refractivity contribution in [2.45, 2.75) is 119 Å². The molecule has 4 fully saturated rings. The van der Waals surface area contributed by atoms with Crippen LogP contribution in [0.15, 0.2) is 4.79 Å². The summed E-state index contributed by atoms with van der Waals surface area (Å²) in [6.45, 7) is 4.01. The van der Waals surface area contributed by atoms with E-state index < -0.39 is 34.6 Å². The number of nitrogens with one attached hydrogen (secondary N) is 2. The number of aromatic nitrogens is 2. The molecule has 18 heteroatoms. The van der Waals surface area contributed by atoms with E-state index in [1.807, 2.05) is 6.92 Å². The zero-order chi connectivity index (χ0) is 39.1. The van der Waals surface area contributed by atoms with Gasteiger partial charge < -0.3 is 15.0 Å². The van der Waals surface area contributed by atoms with Crippen molar-refractivity contribution >= 4 is 45.2 Å². The summed E-state index contributed by atoms with van der Waals surface area (Å²) in [4.78, 5) is 48.2. The average molecular weight is 823 g/mol. The molecule has 1 aromatic heterocycles. The van der Waals surface area contributed by atoms with Crippen molar-refractivity contribution in [1.29, 1.82) is 0 Å². The van der Waals surface area contributed by atoms with E-state index in [-0.39, 0.29) is 77.2 Å². The van der Waals surface area contributed by atoms with Crippen molar-refractivity contribution in [1.82, 2.24) is 29.4 Å². The number of thioether (sulfide) groups is 1. The summed E-state index contributed by atoms with van der Waals surface area (Å²) in [6.07, 6.45) is 2.22. The van der Waals surface area contributed by atoms with Crippen LogP contribution in [0.3, 0.4) is 0 Å². The third-order valence-corrected chi connectivity index (χ3v) is 14.8. The van der Waals surface area contributed by atoms with Crippen LogP contribution in [-0.2, 0) is 43.7 Å². The van der Waals surface area contributed by atoms with Crippen LogP contribution in [0.5, 0.6) is 0 Å². The van der Waals surface area contributed by atoms with E-state index in [2.05, 4.69) is 17.0 Å². The molecule has 5 aliphatic rings. The molecule has 304 valence electrons. The first-order valence-electron chi connectivity index (χ1n) is 19.2. The molecule has 1 aromatic rings. The van der Waals surface area contributed by atoms with E-state index in [4.69, 9.17) is 21.3 Å². The normalized spacial score (nSPS) is 32.5. The first-order valence-corrected chi connectivity index (χ1v) is 22.6. The summed E-state index contributed by atoms with van der Waals surface area (Å²) >= 11 is 8.48. The number of hydrogen-bond acceptors (Lipinski definition) is 10. The quantitative estimate of drug-likeness (QED) is 0.339. The molecule has 54 heavy (non-hydrogen) atoms. The molecule has 0 spiro atoms. The Morgan fingerprint density at radius 2 is 1.85 bits per heavy atom. The molecule has 2 N–H and O–H groups in total. The Morgan fingerprint density at radius 1 is 1.13 bits per heavy atom. The Labute approximate surface area is 325 Å². The molecular formula is C36H54ClF3N6O6S2. The minimum Gasteiger partial charge on any atom is -0.376 e. The van der Waals surface area contributed by atoms with Crippen molar-refractivity contribution in [2.24, 2.45) is 23.7 Å². The van der Waals surface area contributed by atoms with Crippen molar-refractivity contribution < 1.29 is 35.9 Å². The summed E-state index contributed by atoms with van der Waals surface area (Å²) in [5.74, 6) is 0.107. The van der Waals surface area contributed by atoms with Gasteiger partial charge in [0.15, 0.2) is 0 Å². The fraction of sp³-hybridized carbons (Fsp3) is 0.833. The lowest BCUT2D eigenvalue weighted by atomic mass is 9.70. The summed E-state index contributed by atoms with van der Waals surface area (Å²) in [5.41, 5.74) is 1.21. The zero-order valence-electron chi connectivity index (χ0n) is 31.4. The third-order valence-electron chi connectivity index (χ3n) is 12.3. The van der Waals surface area contributed by atoms with Gasteiger partial charge in [-0.05, 0) is 90.1 Å². The molecule has 6 rings (SSSR count). The van der Waals surface area contributed by atoms with Crippen LogP contribution >= 0.6 is 23.4 Å². The van der Waals surface area contributed by atoms with E-state index in [0.29, 0.717) is 62.4 Å². The van der Waals surface area contributed by atoms with Crippen LogP contribution in [0.2, 0.25) is 0 Å². The fourth-order valence-corrected chi connectivity index (χ4v) is 12.3. The van der Waals surface area contributed by atoms with Gasteiger partial charge in [0, 0.05) is 59.5 Å². The van der Waals surface area contributed by atoms with Gasteiger partial charge in [0.2, 0.25) is 21.8 Å². The Balaban J connectivity index is 1.08. The minimum atomic E-state index is -4.26. The van der Waals surface area contributed by atoms with Gasteiger partial charge in [-0.1, -0.05) is 0 Å². The van der Waals surface area contributed by atoms with Crippen molar-refractivity contribution in [2.75, 3.05) is 45.3 Å². The monoisotopic (exact) mass is 822 g/mol. The number of ether oxygens (including phenoxy) is 1. The van der Waals surface area contributed by atoms with E-state index in [1.165, 1.54) is 4.90 Å². The number of halogens is 4. The Bertz CT molecular complexity index is 1710. The lowest BCUT2D eigenvalue weighted by Gasteiger charge is -2.47. The zero-order valence-corrected chi connectivity index (χ0v) is 33.8. The van der Waals surface area contributed by atoms with Gasteiger partial charge in [-0.25, -0.2) is 13.4 Å². The van der Waals surface area contributed by atoms with Gasteiger partial charge in [-0.15, -0.1) is 11.6 Å². The highest BCUT2D eigenvalue weighted by atomic mass is 35.5. The number of nitrogens with zero attached hydrogens (tertiary/aromatic N) is 4. The minimum absolute atomic E-state index is 0.00378. The van der Waals surface area contributed by atoms with Crippen LogP contribution in [0.4, 0.5) is 13.2 Å². The smallest absolute Gasteiger partial charge is 0.376 e. The van der Waals surface area contributed by atoms with Gasteiger partial charge >= 0.3 is 6.18 Å². The molecule has 4 heterocycles. The molecule has 1 saturated carbocycles. The number of likely N-dealkylation sites (N-methyl/N-ethyl adjacent to an activating group) is 1. The molecular weight excluding hydrogens is 769 g/mol. The molecule has 9 atom stereocenters. The number of sulfonamides is 1. The van der Waals surface area contributed by atoms with Crippen LogP contribution in [0, 0.1) is 30.6 Å². The van der Waals surface area contributed by atoms with Crippen molar-refractivity contribution in [3.8, 4) is 0 Å². The predicted octanol–water partition coefficient (Wildman–Crippen LogP) is 3.11. The highest BCUT2D eigenvalue weighted by molar-refractivity contribution is 8.00. The number of carbonyl (C=O) groups excluding carboxylic acids is 2. The highest BCUT2D eigenvalue weighted by Crippen LogP contribution is 2.48. The molecule has 3 saturated heterocycles. The van der Waals surface area contributed by atoms with Gasteiger partial charge in [0.25, 0.3) is 5.56 Å². The van der Waals surface area contributed by atoms with Gasteiger partial charge in [0.1, 0.15) is 5.82 Å². The van der Waals surface area contributed by atoms with Gasteiger partial charge in [-0.2, -0.15) is 24.9 Å². The number of likely N-dealkylation sites (tertiary alicyclic amines) is 1. The summed E-state index contributed by atoms with van der Waals surface area (Å²) in [6, 6.07) is -0.246. The molecule has 0 radical (unpaired) electrons. The Morgan fingerprint density at radius 3 is 2.54 bits per heavy atom. The second-order valence-electron chi connectivity index (χ2n) is 16.2. The summed E-state index contributed by atoms with van der Waals surface area (Å²) in [7, 11) is -1.94. The molecule has 12 nitrogen and oxygen atoms in total. The SMILES string of the molecule is Cc1nc2c(c(=O)n1CCOC1CCC(Cl)CC1C1CC(C)NC3C(C(=O)NS(C)(=O)=O)CSC13)CC(N(C)C(=O)C1CCN(CC(F)(F)F)CC1)CC2. The molecule has 2 aliphatic carbocycles. The third kappa shape index (κ3) is 9.78. The summed E-state index contributed by atoms with van der Waals surface area (Å²) in [5, 5.41) is 3.69. The van der Waals surface area contributed by atoms with E-state index >= 15 is 0 Å². The topological polar surface area (TPSA) is 143 Å².